The zero-order valence-electron chi connectivity index (χ0n) is 18.0. The van der Waals surface area contributed by atoms with E-state index in [4.69, 9.17) is 0 Å². The lowest BCUT2D eigenvalue weighted by atomic mass is 10.0. The lowest BCUT2D eigenvalue weighted by Crippen LogP contribution is -2.87. The second-order valence-corrected chi connectivity index (χ2v) is 9.60. The van der Waals surface area contributed by atoms with Crippen molar-refractivity contribution < 1.29 is 18.5 Å². The first kappa shape index (κ1) is 22.5. The first-order valence-corrected chi connectivity index (χ1v) is 12.1. The molecule has 1 heterocycles. The number of fused-ring (bicyclic) bond motifs is 1. The predicted octanol–water partition coefficient (Wildman–Crippen LogP) is 2.32. The summed E-state index contributed by atoms with van der Waals surface area (Å²) in [7, 11) is -3.45. The molecule has 1 atom stereocenters. The molecule has 7 heteroatoms. The lowest BCUT2D eigenvalue weighted by molar-refractivity contribution is -0.682. The van der Waals surface area contributed by atoms with Gasteiger partial charge in [0.2, 0.25) is 10.0 Å². The highest BCUT2D eigenvalue weighted by Crippen LogP contribution is 2.26. The van der Waals surface area contributed by atoms with Crippen LogP contribution in [0.15, 0.2) is 53.4 Å². The summed E-state index contributed by atoms with van der Waals surface area (Å²) in [5.41, 5.74) is 3.26. The van der Waals surface area contributed by atoms with E-state index in [2.05, 4.69) is 6.07 Å². The van der Waals surface area contributed by atoms with Crippen molar-refractivity contribution >= 4 is 21.6 Å². The number of aryl methyl sites for hydroxylation is 1. The number of benzene rings is 2. The molecule has 6 nitrogen and oxygen atoms in total. The van der Waals surface area contributed by atoms with Gasteiger partial charge in [-0.3, -0.25) is 4.79 Å². The molecule has 0 spiro atoms. The molecule has 2 aromatic rings. The molecule has 0 saturated heterocycles. The Labute approximate surface area is 179 Å². The summed E-state index contributed by atoms with van der Waals surface area (Å²) >= 11 is 0. The molecule has 0 bridgehead atoms. The minimum absolute atomic E-state index is 0.0548. The van der Waals surface area contributed by atoms with Gasteiger partial charge in [0.05, 0.1) is 4.90 Å². The van der Waals surface area contributed by atoms with Crippen molar-refractivity contribution in [1.29, 1.82) is 0 Å². The number of nitrogens with two attached hydrogens (primary N) is 1. The fourth-order valence-electron chi connectivity index (χ4n) is 3.97. The van der Waals surface area contributed by atoms with Crippen LogP contribution < -0.4 is 10.2 Å². The summed E-state index contributed by atoms with van der Waals surface area (Å²) in [5.74, 6) is 0.106. The maximum absolute atomic E-state index is 12.8. The highest BCUT2D eigenvalue weighted by atomic mass is 32.2. The molecule has 0 unspecified atom stereocenters. The summed E-state index contributed by atoms with van der Waals surface area (Å²) in [5, 5.41) is 2.01. The van der Waals surface area contributed by atoms with Gasteiger partial charge in [-0.25, -0.2) is 8.42 Å². The quantitative estimate of drug-likeness (QED) is 0.698. The number of amides is 1. The van der Waals surface area contributed by atoms with Gasteiger partial charge in [0.1, 0.15) is 6.04 Å². The molecule has 0 radical (unpaired) electrons. The SMILES string of the molecule is CCN(CC)S(=O)(=O)c1ccc([C@@H](C)[NH2+]CC(=O)N2CCCc3ccccc32)cc1. The monoisotopic (exact) mass is 430 g/mol. The Kier molecular flexibility index (Phi) is 7.28. The maximum atomic E-state index is 12.8. The first-order valence-electron chi connectivity index (χ1n) is 10.7. The second-order valence-electron chi connectivity index (χ2n) is 7.66. The molecule has 0 fully saturated rings. The van der Waals surface area contributed by atoms with Gasteiger partial charge in [-0.05, 0) is 43.5 Å². The van der Waals surface area contributed by atoms with E-state index in [1.165, 1.54) is 9.87 Å². The molecule has 3 rings (SSSR count). The van der Waals surface area contributed by atoms with Crippen LogP contribution in [0.3, 0.4) is 0 Å². The molecular weight excluding hydrogens is 398 g/mol. The van der Waals surface area contributed by atoms with Crippen molar-refractivity contribution in [3.05, 3.63) is 59.7 Å². The fourth-order valence-corrected chi connectivity index (χ4v) is 5.43. The fraction of sp³-hybridized carbons (Fsp3) is 0.435. The van der Waals surface area contributed by atoms with Gasteiger partial charge in [0.25, 0.3) is 5.91 Å². The normalized spacial score (nSPS) is 15.1. The average molecular weight is 431 g/mol. The molecule has 1 aliphatic heterocycles. The minimum atomic E-state index is -3.45. The Morgan fingerprint density at radius 3 is 2.43 bits per heavy atom. The van der Waals surface area contributed by atoms with E-state index in [0.29, 0.717) is 24.5 Å². The van der Waals surface area contributed by atoms with Crippen LogP contribution in [0.5, 0.6) is 0 Å². The van der Waals surface area contributed by atoms with E-state index in [1.807, 2.05) is 61.3 Å². The number of para-hydroxylation sites is 1. The van der Waals surface area contributed by atoms with Crippen molar-refractivity contribution in [2.75, 3.05) is 31.1 Å². The summed E-state index contributed by atoms with van der Waals surface area (Å²) in [6.45, 7) is 7.73. The van der Waals surface area contributed by atoms with Crippen LogP contribution in [0, 0.1) is 0 Å². The summed E-state index contributed by atoms with van der Waals surface area (Å²) in [6.07, 6.45) is 2.00. The van der Waals surface area contributed by atoms with Gasteiger partial charge in [-0.15, -0.1) is 0 Å². The van der Waals surface area contributed by atoms with Crippen LogP contribution in [-0.4, -0.2) is 44.8 Å². The van der Waals surface area contributed by atoms with Crippen LogP contribution in [0.25, 0.3) is 0 Å². The van der Waals surface area contributed by atoms with E-state index in [1.54, 1.807) is 12.1 Å². The van der Waals surface area contributed by atoms with Gasteiger partial charge >= 0.3 is 0 Å². The first-order chi connectivity index (χ1) is 14.4. The summed E-state index contributed by atoms with van der Waals surface area (Å²) < 4.78 is 26.7. The van der Waals surface area contributed by atoms with Gasteiger partial charge in [0.15, 0.2) is 6.54 Å². The Morgan fingerprint density at radius 2 is 1.77 bits per heavy atom. The molecule has 0 aliphatic carbocycles. The highest BCUT2D eigenvalue weighted by Gasteiger charge is 2.25. The van der Waals surface area contributed by atoms with E-state index in [-0.39, 0.29) is 11.9 Å². The number of quaternary nitrogens is 1. The summed E-state index contributed by atoms with van der Waals surface area (Å²) in [6, 6.07) is 15.2. The van der Waals surface area contributed by atoms with Crippen LogP contribution in [0.2, 0.25) is 0 Å². The van der Waals surface area contributed by atoms with Gasteiger partial charge in [-0.1, -0.05) is 44.2 Å². The number of carbonyl (C=O) groups excluding carboxylic acids is 1. The van der Waals surface area contributed by atoms with E-state index >= 15 is 0 Å². The number of sulfonamides is 1. The van der Waals surface area contributed by atoms with Crippen LogP contribution >= 0.6 is 0 Å². The van der Waals surface area contributed by atoms with Crippen molar-refractivity contribution in [2.45, 2.75) is 44.6 Å². The van der Waals surface area contributed by atoms with E-state index in [9.17, 15) is 13.2 Å². The molecule has 162 valence electrons. The second kappa shape index (κ2) is 9.73. The molecular formula is C23H32N3O3S+. The topological polar surface area (TPSA) is 74.3 Å². The van der Waals surface area contributed by atoms with Gasteiger partial charge in [-0.2, -0.15) is 4.31 Å². The van der Waals surface area contributed by atoms with E-state index in [0.717, 1.165) is 30.6 Å². The predicted molar refractivity (Wildman–Crippen MR) is 119 cm³/mol. The molecule has 1 amide bonds. The number of rotatable bonds is 8. The standard InChI is InChI=1S/C23H31N3O3S/c1-4-25(5-2)30(28,29)21-14-12-19(13-15-21)18(3)24-17-23(27)26-16-8-10-20-9-6-7-11-22(20)26/h6-7,9,11-15,18,24H,4-5,8,10,16-17H2,1-3H3/p+1/t18-/m1/s1. The van der Waals surface area contributed by atoms with Crippen LogP contribution in [-0.2, 0) is 21.2 Å². The summed E-state index contributed by atoms with van der Waals surface area (Å²) in [4.78, 5) is 15.0. The van der Waals surface area contributed by atoms with Crippen molar-refractivity contribution in [3.8, 4) is 0 Å². The average Bonchev–Trinajstić information content (AvgIpc) is 2.77. The van der Waals surface area contributed by atoms with Crippen molar-refractivity contribution in [1.82, 2.24) is 4.31 Å². The van der Waals surface area contributed by atoms with Crippen LogP contribution in [0.4, 0.5) is 5.69 Å². The minimum Gasteiger partial charge on any atom is -0.333 e. The lowest BCUT2D eigenvalue weighted by Gasteiger charge is -2.29. The number of carbonyl (C=O) groups is 1. The number of hydrogen-bond donors (Lipinski definition) is 1. The number of hydrogen-bond acceptors (Lipinski definition) is 3. The molecule has 30 heavy (non-hydrogen) atoms. The largest absolute Gasteiger partial charge is 0.333 e. The molecule has 2 N–H and O–H groups in total. The van der Waals surface area contributed by atoms with Gasteiger partial charge < -0.3 is 10.2 Å². The third kappa shape index (κ3) is 4.74. The third-order valence-corrected chi connectivity index (χ3v) is 7.87. The Morgan fingerprint density at radius 1 is 1.10 bits per heavy atom. The smallest absolute Gasteiger partial charge is 0.282 e. The zero-order chi connectivity index (χ0) is 21.7. The maximum Gasteiger partial charge on any atom is 0.282 e. The molecule has 2 aromatic carbocycles. The third-order valence-electron chi connectivity index (χ3n) is 5.81. The molecule has 0 saturated carbocycles. The number of nitrogens with zero attached hydrogens (tertiary/aromatic N) is 2. The Balaban J connectivity index is 1.63. The Bertz CT molecular complexity index is 969. The zero-order valence-corrected chi connectivity index (χ0v) is 18.9. The van der Waals surface area contributed by atoms with Crippen molar-refractivity contribution in [3.63, 3.8) is 0 Å². The molecule has 1 aliphatic rings. The van der Waals surface area contributed by atoms with Crippen molar-refractivity contribution in [2.24, 2.45) is 0 Å². The highest BCUT2D eigenvalue weighted by molar-refractivity contribution is 7.89. The van der Waals surface area contributed by atoms with E-state index < -0.39 is 10.0 Å². The number of anilines is 1. The van der Waals surface area contributed by atoms with Crippen LogP contribution in [0.1, 0.15) is 44.4 Å². The Hall–Kier alpha value is -2.22. The molecule has 0 aromatic heterocycles. The van der Waals surface area contributed by atoms with Gasteiger partial charge in [0, 0.05) is 30.9 Å².